The highest BCUT2D eigenvalue weighted by Crippen LogP contribution is 2.28. The molecule has 2 nitrogen and oxygen atoms in total. The van der Waals surface area contributed by atoms with Gasteiger partial charge >= 0.3 is 0 Å². The predicted octanol–water partition coefficient (Wildman–Crippen LogP) is 2.98. The lowest BCUT2D eigenvalue weighted by atomic mass is 9.98. The number of ether oxygens (including phenoxy) is 1. The fourth-order valence-corrected chi connectivity index (χ4v) is 2.04. The van der Waals surface area contributed by atoms with Crippen molar-refractivity contribution in [3.8, 4) is 0 Å². The molecule has 86 valence electrons. The zero-order chi connectivity index (χ0) is 11.4. The normalized spacial score (nSPS) is 17.5. The van der Waals surface area contributed by atoms with Gasteiger partial charge in [-0.25, -0.2) is 0 Å². The van der Waals surface area contributed by atoms with E-state index in [1.807, 2.05) is 24.3 Å². The molecule has 2 rings (SSSR count). The van der Waals surface area contributed by atoms with Crippen molar-refractivity contribution in [3.63, 3.8) is 0 Å². The van der Waals surface area contributed by atoms with Crippen LogP contribution in [0.4, 0.5) is 0 Å². The minimum Gasteiger partial charge on any atom is -0.495 e. The van der Waals surface area contributed by atoms with Gasteiger partial charge in [0, 0.05) is 0 Å². The summed E-state index contributed by atoms with van der Waals surface area (Å²) in [5, 5.41) is 10.3. The number of benzene rings is 1. The largest absolute Gasteiger partial charge is 0.495 e. The third kappa shape index (κ3) is 2.27. The summed E-state index contributed by atoms with van der Waals surface area (Å²) in [4.78, 5) is 0. The highest BCUT2D eigenvalue weighted by molar-refractivity contribution is 5.32. The van der Waals surface area contributed by atoms with Gasteiger partial charge in [0.25, 0.3) is 0 Å². The lowest BCUT2D eigenvalue weighted by Gasteiger charge is -2.21. The first-order chi connectivity index (χ1) is 7.83. The van der Waals surface area contributed by atoms with Crippen LogP contribution in [0.25, 0.3) is 0 Å². The SMILES string of the molecule is CCc1ccccc1C(O)C1=CCCCO1. The van der Waals surface area contributed by atoms with E-state index in [0.29, 0.717) is 5.76 Å². The van der Waals surface area contributed by atoms with E-state index in [1.165, 1.54) is 5.56 Å². The molecule has 0 bridgehead atoms. The number of aryl methyl sites for hydroxylation is 1. The topological polar surface area (TPSA) is 29.5 Å². The highest BCUT2D eigenvalue weighted by Gasteiger charge is 2.18. The van der Waals surface area contributed by atoms with E-state index >= 15 is 0 Å². The molecule has 1 aromatic rings. The Labute approximate surface area is 96.6 Å². The maximum absolute atomic E-state index is 10.3. The molecule has 0 saturated heterocycles. The molecule has 0 fully saturated rings. The van der Waals surface area contributed by atoms with Gasteiger partial charge in [-0.05, 0) is 36.5 Å². The van der Waals surface area contributed by atoms with E-state index in [9.17, 15) is 5.11 Å². The molecule has 0 aliphatic carbocycles. The first kappa shape index (κ1) is 11.2. The van der Waals surface area contributed by atoms with Crippen LogP contribution in [0.3, 0.4) is 0 Å². The zero-order valence-electron chi connectivity index (χ0n) is 9.65. The Hall–Kier alpha value is -1.28. The van der Waals surface area contributed by atoms with E-state index < -0.39 is 6.10 Å². The van der Waals surface area contributed by atoms with Gasteiger partial charge in [-0.3, -0.25) is 0 Å². The fourth-order valence-electron chi connectivity index (χ4n) is 2.04. The van der Waals surface area contributed by atoms with Gasteiger partial charge in [0.05, 0.1) is 6.61 Å². The Bertz CT molecular complexity index is 382. The standard InChI is InChI=1S/C14H18O2/c1-2-11-7-3-4-8-12(11)14(15)13-9-5-6-10-16-13/h3-4,7-9,14-15H,2,5-6,10H2,1H3. The van der Waals surface area contributed by atoms with Crippen molar-refractivity contribution in [2.24, 2.45) is 0 Å². The minimum absolute atomic E-state index is 0.601. The van der Waals surface area contributed by atoms with E-state index in [2.05, 4.69) is 13.0 Å². The van der Waals surface area contributed by atoms with E-state index in [-0.39, 0.29) is 0 Å². The second-order valence-electron chi connectivity index (χ2n) is 4.05. The number of aliphatic hydroxyl groups is 1. The van der Waals surface area contributed by atoms with Crippen LogP contribution in [0, 0.1) is 0 Å². The maximum atomic E-state index is 10.3. The quantitative estimate of drug-likeness (QED) is 0.845. The average molecular weight is 218 g/mol. The maximum Gasteiger partial charge on any atom is 0.136 e. The number of aliphatic hydroxyl groups excluding tert-OH is 1. The molecule has 16 heavy (non-hydrogen) atoms. The van der Waals surface area contributed by atoms with Gasteiger partial charge in [0.1, 0.15) is 11.9 Å². The van der Waals surface area contributed by atoms with Gasteiger partial charge in [-0.2, -0.15) is 0 Å². The molecule has 1 aromatic carbocycles. The molecule has 0 spiro atoms. The lowest BCUT2D eigenvalue weighted by Crippen LogP contribution is -2.11. The van der Waals surface area contributed by atoms with Crippen molar-refractivity contribution in [2.75, 3.05) is 6.61 Å². The average Bonchev–Trinajstić information content (AvgIpc) is 2.39. The summed E-state index contributed by atoms with van der Waals surface area (Å²) in [5.41, 5.74) is 2.16. The zero-order valence-corrected chi connectivity index (χ0v) is 9.65. The lowest BCUT2D eigenvalue weighted by molar-refractivity contribution is 0.0913. The second-order valence-corrected chi connectivity index (χ2v) is 4.05. The summed E-state index contributed by atoms with van der Waals surface area (Å²) in [7, 11) is 0. The summed E-state index contributed by atoms with van der Waals surface area (Å²) in [6, 6.07) is 8.00. The van der Waals surface area contributed by atoms with Crippen LogP contribution < -0.4 is 0 Å². The van der Waals surface area contributed by atoms with E-state index in [1.54, 1.807) is 0 Å². The first-order valence-electron chi connectivity index (χ1n) is 5.91. The third-order valence-corrected chi connectivity index (χ3v) is 2.96. The van der Waals surface area contributed by atoms with Crippen LogP contribution in [-0.4, -0.2) is 11.7 Å². The summed E-state index contributed by atoms with van der Waals surface area (Å²) in [5.74, 6) is 0.715. The molecule has 1 N–H and O–H groups in total. The van der Waals surface area contributed by atoms with Crippen molar-refractivity contribution in [2.45, 2.75) is 32.3 Å². The molecule has 1 unspecified atom stereocenters. The summed E-state index contributed by atoms with van der Waals surface area (Å²) < 4.78 is 5.50. The Morgan fingerprint density at radius 3 is 2.88 bits per heavy atom. The summed E-state index contributed by atoms with van der Waals surface area (Å²) in [6.45, 7) is 2.82. The van der Waals surface area contributed by atoms with Crippen molar-refractivity contribution >= 4 is 0 Å². The number of hydrogen-bond acceptors (Lipinski definition) is 2. The smallest absolute Gasteiger partial charge is 0.136 e. The predicted molar refractivity (Wildman–Crippen MR) is 64.0 cm³/mol. The third-order valence-electron chi connectivity index (χ3n) is 2.96. The fraction of sp³-hybridized carbons (Fsp3) is 0.429. The molecule has 0 amide bonds. The van der Waals surface area contributed by atoms with E-state index in [4.69, 9.17) is 4.74 Å². The number of rotatable bonds is 3. The van der Waals surface area contributed by atoms with Crippen LogP contribution in [0.2, 0.25) is 0 Å². The van der Waals surface area contributed by atoms with Crippen molar-refractivity contribution in [1.29, 1.82) is 0 Å². The molecule has 2 heteroatoms. The van der Waals surface area contributed by atoms with Crippen molar-refractivity contribution in [1.82, 2.24) is 0 Å². The van der Waals surface area contributed by atoms with Crippen molar-refractivity contribution < 1.29 is 9.84 Å². The monoisotopic (exact) mass is 218 g/mol. The van der Waals surface area contributed by atoms with Crippen LogP contribution >= 0.6 is 0 Å². The number of allylic oxidation sites excluding steroid dienone is 1. The molecule has 0 aromatic heterocycles. The molecule has 1 aliphatic heterocycles. The van der Waals surface area contributed by atoms with Gasteiger partial charge in [-0.1, -0.05) is 31.2 Å². The van der Waals surface area contributed by atoms with Crippen LogP contribution in [0.5, 0.6) is 0 Å². The summed E-state index contributed by atoms with van der Waals surface area (Å²) >= 11 is 0. The molecule has 0 saturated carbocycles. The molecule has 1 aliphatic rings. The Morgan fingerprint density at radius 2 is 2.19 bits per heavy atom. The van der Waals surface area contributed by atoms with Crippen LogP contribution in [-0.2, 0) is 11.2 Å². The van der Waals surface area contributed by atoms with Crippen LogP contribution in [0.15, 0.2) is 36.1 Å². The summed E-state index contributed by atoms with van der Waals surface area (Å²) in [6.07, 6.45) is 4.38. The molecular weight excluding hydrogens is 200 g/mol. The first-order valence-corrected chi connectivity index (χ1v) is 5.91. The van der Waals surface area contributed by atoms with Gasteiger partial charge in [0.15, 0.2) is 0 Å². The molecule has 1 heterocycles. The second kappa shape index (κ2) is 5.17. The Kier molecular flexibility index (Phi) is 3.62. The van der Waals surface area contributed by atoms with E-state index in [0.717, 1.165) is 31.4 Å². The van der Waals surface area contributed by atoms with Gasteiger partial charge < -0.3 is 9.84 Å². The Morgan fingerprint density at radius 1 is 1.38 bits per heavy atom. The molecule has 1 atom stereocenters. The van der Waals surface area contributed by atoms with Crippen molar-refractivity contribution in [3.05, 3.63) is 47.2 Å². The highest BCUT2D eigenvalue weighted by atomic mass is 16.5. The minimum atomic E-state index is -0.601. The van der Waals surface area contributed by atoms with Gasteiger partial charge in [0.2, 0.25) is 0 Å². The molecule has 0 radical (unpaired) electrons. The van der Waals surface area contributed by atoms with Gasteiger partial charge in [-0.15, -0.1) is 0 Å². The van der Waals surface area contributed by atoms with Crippen LogP contribution in [0.1, 0.15) is 37.0 Å². The molecular formula is C14H18O2. The number of hydrogen-bond donors (Lipinski definition) is 1. The Balaban J connectivity index is 2.25.